The number of alkyl halides is 3. The van der Waals surface area contributed by atoms with Crippen molar-refractivity contribution in [3.63, 3.8) is 0 Å². The molecule has 0 spiro atoms. The molecule has 3 aromatic rings. The van der Waals surface area contributed by atoms with E-state index in [-0.39, 0.29) is 23.3 Å². The standard InChI is InChI=1S/C32H9F11N4S/c1-10-12(31(46-2)47-3)4-14-20(10)21(24-26(37)16(33)6-17(34)27(24)38)15-5-13(11(8-44)9-45)30(48-32(41,42)43)23(15)22(14)25-28(39)18(35)7-19(36)29(25)40/h6-7H,4-5H2,1H3. The van der Waals surface area contributed by atoms with Gasteiger partial charge in [-0.2, -0.15) is 33.4 Å². The number of hydrogen-bond acceptors (Lipinski definition) is 3. The van der Waals surface area contributed by atoms with Crippen LogP contribution in [0.15, 0.2) is 34.7 Å². The molecule has 0 amide bonds. The lowest BCUT2D eigenvalue weighted by Gasteiger charge is -2.19. The molecule has 0 saturated heterocycles. The van der Waals surface area contributed by atoms with Crippen LogP contribution in [0.4, 0.5) is 48.3 Å². The second kappa shape index (κ2) is 11.9. The van der Waals surface area contributed by atoms with Gasteiger partial charge in [-0.15, -0.1) is 0 Å². The van der Waals surface area contributed by atoms with Gasteiger partial charge < -0.3 is 0 Å². The SMILES string of the molecule is [C-]#[N+]C([N+]#[C-])=C1Cc2c(-c3c(F)c(F)cc(F)c3F)c3c(c(-c4c(F)c(F)cc(F)c4F)c2=C1C)CC(=C(C#N)C#N)C=3SC(F)(F)F. The monoisotopic (exact) mass is 690 g/mol. The van der Waals surface area contributed by atoms with Crippen LogP contribution in [-0.2, 0) is 12.8 Å². The van der Waals surface area contributed by atoms with Gasteiger partial charge in [0.05, 0.1) is 16.7 Å². The van der Waals surface area contributed by atoms with E-state index in [2.05, 4.69) is 9.69 Å². The second-order valence-electron chi connectivity index (χ2n) is 10.1. The number of benzene rings is 3. The molecule has 0 aliphatic heterocycles. The van der Waals surface area contributed by atoms with E-state index in [1.165, 1.54) is 12.1 Å². The van der Waals surface area contributed by atoms with Crippen LogP contribution >= 0.6 is 11.8 Å². The zero-order chi connectivity index (χ0) is 35.6. The van der Waals surface area contributed by atoms with Gasteiger partial charge in [0.15, 0.2) is 46.5 Å². The van der Waals surface area contributed by atoms with E-state index in [0.29, 0.717) is 0 Å². The van der Waals surface area contributed by atoms with Gasteiger partial charge in [0.25, 0.3) is 0 Å². The molecule has 2 aliphatic carbocycles. The molecule has 3 aromatic carbocycles. The van der Waals surface area contributed by atoms with Crippen molar-refractivity contribution >= 4 is 22.2 Å². The molecule has 0 aromatic heterocycles. The second-order valence-corrected chi connectivity index (χ2v) is 11.2. The van der Waals surface area contributed by atoms with Crippen molar-refractivity contribution in [3.05, 3.63) is 126 Å². The molecule has 0 N–H and O–H groups in total. The minimum Gasteiger partial charge on any atom is -0.204 e. The van der Waals surface area contributed by atoms with Gasteiger partial charge in [0.1, 0.15) is 30.9 Å². The smallest absolute Gasteiger partial charge is 0.204 e. The Hall–Kier alpha value is -5.58. The Labute approximate surface area is 266 Å². The van der Waals surface area contributed by atoms with E-state index in [1.54, 1.807) is 0 Å². The van der Waals surface area contributed by atoms with Crippen molar-refractivity contribution < 1.29 is 48.3 Å². The molecule has 16 heteroatoms. The summed E-state index contributed by atoms with van der Waals surface area (Å²) >= 11 is -1.04. The van der Waals surface area contributed by atoms with Crippen LogP contribution in [-0.4, -0.2) is 5.51 Å². The summed E-state index contributed by atoms with van der Waals surface area (Å²) in [5.74, 6) is -17.2. The average molecular weight is 690 g/mol. The summed E-state index contributed by atoms with van der Waals surface area (Å²) in [4.78, 5) is 4.92. The molecule has 4 nitrogen and oxygen atoms in total. The Morgan fingerprint density at radius 3 is 1.48 bits per heavy atom. The van der Waals surface area contributed by atoms with Crippen molar-refractivity contribution in [2.45, 2.75) is 25.3 Å². The fraction of sp³-hybridized carbons (Fsp3) is 0.125. The van der Waals surface area contributed by atoms with E-state index in [0.717, 1.165) is 6.92 Å². The molecule has 0 fully saturated rings. The zero-order valence-electron chi connectivity index (χ0n) is 23.4. The summed E-state index contributed by atoms with van der Waals surface area (Å²) in [5.41, 5.74) is -14.2. The Kier molecular flexibility index (Phi) is 8.37. The van der Waals surface area contributed by atoms with Crippen molar-refractivity contribution in [2.24, 2.45) is 0 Å². The minimum absolute atomic E-state index is 0.174. The van der Waals surface area contributed by atoms with Crippen LogP contribution in [0.3, 0.4) is 0 Å². The van der Waals surface area contributed by atoms with Crippen LogP contribution in [0.5, 0.6) is 0 Å². The Bertz CT molecular complexity index is 2310. The number of halogens is 11. The van der Waals surface area contributed by atoms with Crippen molar-refractivity contribution in [1.29, 1.82) is 10.5 Å². The molecule has 0 unspecified atom stereocenters. The van der Waals surface area contributed by atoms with E-state index in [1.807, 2.05) is 0 Å². The number of hydrogen-bond donors (Lipinski definition) is 0. The summed E-state index contributed by atoms with van der Waals surface area (Å²) < 4.78 is 163. The number of thioether (sulfide) groups is 1. The van der Waals surface area contributed by atoms with Crippen molar-refractivity contribution in [1.82, 2.24) is 0 Å². The quantitative estimate of drug-likeness (QED) is 0.121. The highest BCUT2D eigenvalue weighted by molar-refractivity contribution is 8.09. The first-order chi connectivity index (χ1) is 22.5. The van der Waals surface area contributed by atoms with Crippen LogP contribution in [0, 0.1) is 82.3 Å². The number of nitrogens with zero attached hydrogens (tertiary/aromatic N) is 4. The van der Waals surface area contributed by atoms with E-state index >= 15 is 17.6 Å². The largest absolute Gasteiger partial charge is 0.523 e. The van der Waals surface area contributed by atoms with E-state index in [4.69, 9.17) is 13.1 Å². The Balaban J connectivity index is 2.28. The van der Waals surface area contributed by atoms with Crippen LogP contribution < -0.4 is 10.4 Å². The van der Waals surface area contributed by atoms with Gasteiger partial charge in [-0.25, -0.2) is 35.1 Å². The molecule has 0 heterocycles. The van der Waals surface area contributed by atoms with Gasteiger partial charge in [-0.1, -0.05) is 0 Å². The number of fused-ring (bicyclic) bond motifs is 2. The first-order valence-electron chi connectivity index (χ1n) is 12.9. The number of allylic oxidation sites excluding steroid dienone is 2. The summed E-state index contributed by atoms with van der Waals surface area (Å²) in [6.07, 6.45) is -1.87. The number of nitriles is 2. The molecule has 0 saturated carbocycles. The predicted molar refractivity (Wildman–Crippen MR) is 148 cm³/mol. The molecular formula is C32H9F11N4S. The lowest BCUT2D eigenvalue weighted by atomic mass is 9.86. The minimum atomic E-state index is -5.31. The van der Waals surface area contributed by atoms with E-state index < -0.39 is 142 Å². The normalized spacial score (nSPS) is 13.5. The molecule has 5 rings (SSSR count). The molecule has 0 atom stereocenters. The number of rotatable bonds is 3. The lowest BCUT2D eigenvalue weighted by molar-refractivity contribution is -0.0318. The van der Waals surface area contributed by atoms with Gasteiger partial charge >= 0.3 is 11.3 Å². The molecule has 0 radical (unpaired) electrons. The molecule has 240 valence electrons. The topological polar surface area (TPSA) is 56.3 Å². The van der Waals surface area contributed by atoms with Crippen molar-refractivity contribution in [2.75, 3.05) is 0 Å². The zero-order valence-corrected chi connectivity index (χ0v) is 24.2. The van der Waals surface area contributed by atoms with Crippen LogP contribution in [0.1, 0.15) is 18.1 Å². The highest BCUT2D eigenvalue weighted by Crippen LogP contribution is 2.48. The fourth-order valence-corrected chi connectivity index (χ4v) is 6.73. The van der Waals surface area contributed by atoms with Crippen LogP contribution in [0.2, 0.25) is 0 Å². The average Bonchev–Trinajstić information content (AvgIpc) is 3.54. The molecular weight excluding hydrogens is 681 g/mol. The first-order valence-corrected chi connectivity index (χ1v) is 13.7. The Morgan fingerprint density at radius 1 is 0.688 bits per heavy atom. The summed E-state index contributed by atoms with van der Waals surface area (Å²) in [6.45, 7) is 15.9. The highest BCUT2D eigenvalue weighted by Gasteiger charge is 2.41. The van der Waals surface area contributed by atoms with Gasteiger partial charge in [0.2, 0.25) is 0 Å². The Morgan fingerprint density at radius 2 is 1.08 bits per heavy atom. The predicted octanol–water partition coefficient (Wildman–Crippen LogP) is 8.17. The molecule has 48 heavy (non-hydrogen) atoms. The summed E-state index contributed by atoms with van der Waals surface area (Å²) in [6, 6.07) is 2.32. The van der Waals surface area contributed by atoms with Gasteiger partial charge in [0, 0.05) is 34.2 Å². The molecule has 0 bridgehead atoms. The molecule has 2 aliphatic rings. The van der Waals surface area contributed by atoms with Crippen LogP contribution in [0.25, 0.3) is 42.4 Å². The fourth-order valence-electron chi connectivity index (χ4n) is 5.87. The van der Waals surface area contributed by atoms with Gasteiger partial charge in [-0.3, -0.25) is 0 Å². The first kappa shape index (κ1) is 33.8. The highest BCUT2D eigenvalue weighted by atomic mass is 32.2. The maximum atomic E-state index is 15.6. The summed E-state index contributed by atoms with van der Waals surface area (Å²) in [7, 11) is 0. The summed E-state index contributed by atoms with van der Waals surface area (Å²) in [5, 5.41) is 17.6. The van der Waals surface area contributed by atoms with Crippen molar-refractivity contribution in [3.8, 4) is 34.4 Å². The maximum absolute atomic E-state index is 15.6. The van der Waals surface area contributed by atoms with Gasteiger partial charge in [-0.05, 0) is 58.2 Å². The third-order valence-corrected chi connectivity index (χ3v) is 8.58. The lowest BCUT2D eigenvalue weighted by Crippen LogP contribution is -2.26. The third kappa shape index (κ3) is 5.06. The van der Waals surface area contributed by atoms with E-state index in [9.17, 15) is 41.3 Å². The maximum Gasteiger partial charge on any atom is 0.523 e. The third-order valence-electron chi connectivity index (χ3n) is 7.69.